The van der Waals surface area contributed by atoms with E-state index in [9.17, 15) is 0 Å². The molecule has 4 heteroatoms. The smallest absolute Gasteiger partial charge is 0.240 e. The molecule has 0 amide bonds. The van der Waals surface area contributed by atoms with Crippen molar-refractivity contribution in [2.75, 3.05) is 0 Å². The van der Waals surface area contributed by atoms with E-state index in [4.69, 9.17) is 16.3 Å². The number of pyridine rings is 2. The van der Waals surface area contributed by atoms with E-state index in [2.05, 4.69) is 9.97 Å². The van der Waals surface area contributed by atoms with E-state index in [1.165, 1.54) is 0 Å². The lowest BCUT2D eigenvalue weighted by Crippen LogP contribution is -1.91. The minimum atomic E-state index is 0.363. The van der Waals surface area contributed by atoms with E-state index < -0.39 is 0 Å². The molecule has 0 atom stereocenters. The van der Waals surface area contributed by atoms with Crippen molar-refractivity contribution in [1.82, 2.24) is 9.97 Å². The molecule has 0 aliphatic rings. The molecule has 0 unspecified atom stereocenters. The Labute approximate surface area is 109 Å². The van der Waals surface area contributed by atoms with Crippen LogP contribution in [0.5, 0.6) is 11.8 Å². The summed E-state index contributed by atoms with van der Waals surface area (Å²) in [6.45, 7) is 0. The number of aromatic nitrogens is 2. The van der Waals surface area contributed by atoms with Gasteiger partial charge in [0.05, 0.1) is 5.52 Å². The third-order valence-corrected chi connectivity index (χ3v) is 2.79. The van der Waals surface area contributed by atoms with E-state index in [1.54, 1.807) is 24.4 Å². The molecule has 0 fully saturated rings. The van der Waals surface area contributed by atoms with Gasteiger partial charge in [0.15, 0.2) is 0 Å². The number of hydrogen-bond acceptors (Lipinski definition) is 3. The Balaban J connectivity index is 1.98. The molecule has 0 saturated carbocycles. The first kappa shape index (κ1) is 11.0. The third-order valence-electron chi connectivity index (χ3n) is 2.50. The molecule has 0 aliphatic carbocycles. The van der Waals surface area contributed by atoms with Crippen LogP contribution < -0.4 is 4.74 Å². The summed E-state index contributed by atoms with van der Waals surface area (Å²) in [5, 5.41) is 1.53. The first-order valence-corrected chi connectivity index (χ1v) is 5.85. The van der Waals surface area contributed by atoms with Crippen molar-refractivity contribution >= 4 is 22.5 Å². The SMILES string of the molecule is Clc1cccnc1Oc1ccc2ccccc2n1. The lowest BCUT2D eigenvalue weighted by molar-refractivity contribution is 0.447. The Morgan fingerprint density at radius 1 is 0.944 bits per heavy atom. The van der Waals surface area contributed by atoms with Gasteiger partial charge in [-0.1, -0.05) is 29.8 Å². The molecule has 2 heterocycles. The lowest BCUT2D eigenvalue weighted by Gasteiger charge is -2.05. The van der Waals surface area contributed by atoms with Crippen LogP contribution in [-0.2, 0) is 0 Å². The summed E-state index contributed by atoms with van der Waals surface area (Å²) in [5.41, 5.74) is 0.877. The number of ether oxygens (including phenoxy) is 1. The summed E-state index contributed by atoms with van der Waals surface area (Å²) in [4.78, 5) is 8.45. The molecule has 2 aromatic heterocycles. The van der Waals surface area contributed by atoms with E-state index in [0.717, 1.165) is 10.9 Å². The topological polar surface area (TPSA) is 35.0 Å². The van der Waals surface area contributed by atoms with Crippen LogP contribution in [0.3, 0.4) is 0 Å². The van der Waals surface area contributed by atoms with E-state index in [-0.39, 0.29) is 0 Å². The fourth-order valence-corrected chi connectivity index (χ4v) is 1.81. The van der Waals surface area contributed by atoms with Crippen molar-refractivity contribution in [1.29, 1.82) is 0 Å². The monoisotopic (exact) mass is 256 g/mol. The first-order valence-electron chi connectivity index (χ1n) is 5.47. The number of nitrogens with zero attached hydrogens (tertiary/aromatic N) is 2. The zero-order chi connectivity index (χ0) is 12.4. The van der Waals surface area contributed by atoms with E-state index in [1.807, 2.05) is 30.3 Å². The number of hydrogen-bond donors (Lipinski definition) is 0. The quantitative estimate of drug-likeness (QED) is 0.693. The third kappa shape index (κ3) is 2.13. The van der Waals surface area contributed by atoms with Gasteiger partial charge in [0.1, 0.15) is 5.02 Å². The molecule has 3 nitrogen and oxygen atoms in total. The van der Waals surface area contributed by atoms with Crippen LogP contribution in [0.4, 0.5) is 0 Å². The molecular formula is C14H9ClN2O. The maximum absolute atomic E-state index is 5.98. The Morgan fingerprint density at radius 2 is 1.83 bits per heavy atom. The van der Waals surface area contributed by atoms with Gasteiger partial charge in [-0.05, 0) is 24.3 Å². The summed E-state index contributed by atoms with van der Waals surface area (Å²) in [5.74, 6) is 0.844. The highest BCUT2D eigenvalue weighted by molar-refractivity contribution is 6.31. The van der Waals surface area contributed by atoms with Crippen LogP contribution in [-0.4, -0.2) is 9.97 Å². The predicted molar refractivity (Wildman–Crippen MR) is 71.1 cm³/mol. The maximum Gasteiger partial charge on any atom is 0.240 e. The number of halogens is 1. The van der Waals surface area contributed by atoms with Gasteiger partial charge < -0.3 is 4.74 Å². The van der Waals surface area contributed by atoms with Gasteiger partial charge in [-0.15, -0.1) is 0 Å². The van der Waals surface area contributed by atoms with Crippen molar-refractivity contribution in [3.63, 3.8) is 0 Å². The standard InChI is InChI=1S/C14H9ClN2O/c15-11-5-3-9-16-14(11)18-13-8-7-10-4-1-2-6-12(10)17-13/h1-9H. The highest BCUT2D eigenvalue weighted by Gasteiger charge is 2.05. The average Bonchev–Trinajstić information content (AvgIpc) is 2.41. The Morgan fingerprint density at radius 3 is 2.72 bits per heavy atom. The van der Waals surface area contributed by atoms with Crippen LogP contribution in [0.2, 0.25) is 5.02 Å². The number of fused-ring (bicyclic) bond motifs is 1. The second-order valence-electron chi connectivity index (χ2n) is 3.73. The summed E-state index contributed by atoms with van der Waals surface area (Å²) in [7, 11) is 0. The lowest BCUT2D eigenvalue weighted by atomic mass is 10.2. The predicted octanol–water partition coefficient (Wildman–Crippen LogP) is 4.08. The summed E-state index contributed by atoms with van der Waals surface area (Å²) in [6.07, 6.45) is 1.63. The normalized spacial score (nSPS) is 10.5. The van der Waals surface area contributed by atoms with Crippen LogP contribution in [0, 0.1) is 0 Å². The maximum atomic E-state index is 5.98. The largest absolute Gasteiger partial charge is 0.419 e. The van der Waals surface area contributed by atoms with Crippen molar-refractivity contribution in [2.45, 2.75) is 0 Å². The van der Waals surface area contributed by atoms with Gasteiger partial charge in [-0.3, -0.25) is 0 Å². The highest BCUT2D eigenvalue weighted by Crippen LogP contribution is 2.26. The molecular weight excluding hydrogens is 248 g/mol. The summed E-state index contributed by atoms with van der Waals surface area (Å²) >= 11 is 5.98. The van der Waals surface area contributed by atoms with Crippen LogP contribution in [0.1, 0.15) is 0 Å². The second kappa shape index (κ2) is 4.63. The van der Waals surface area contributed by atoms with Gasteiger partial charge in [-0.2, -0.15) is 0 Å². The second-order valence-corrected chi connectivity index (χ2v) is 4.14. The van der Waals surface area contributed by atoms with Gasteiger partial charge in [0.25, 0.3) is 0 Å². The fraction of sp³-hybridized carbons (Fsp3) is 0. The molecule has 0 radical (unpaired) electrons. The molecule has 88 valence electrons. The summed E-state index contributed by atoms with van der Waals surface area (Å²) in [6, 6.07) is 15.1. The van der Waals surface area contributed by atoms with Gasteiger partial charge >= 0.3 is 0 Å². The average molecular weight is 257 g/mol. The molecule has 0 bridgehead atoms. The van der Waals surface area contributed by atoms with Crippen LogP contribution in [0.15, 0.2) is 54.7 Å². The number of benzene rings is 1. The fourth-order valence-electron chi connectivity index (χ4n) is 1.65. The highest BCUT2D eigenvalue weighted by atomic mass is 35.5. The first-order chi connectivity index (χ1) is 8.83. The number of para-hydroxylation sites is 1. The van der Waals surface area contributed by atoms with Crippen molar-refractivity contribution in [3.8, 4) is 11.8 Å². The molecule has 0 aliphatic heterocycles. The Bertz CT molecular complexity index is 700. The molecule has 18 heavy (non-hydrogen) atoms. The van der Waals surface area contributed by atoms with Crippen LogP contribution >= 0.6 is 11.6 Å². The van der Waals surface area contributed by atoms with E-state index >= 15 is 0 Å². The molecule has 3 aromatic rings. The minimum Gasteiger partial charge on any atom is -0.419 e. The van der Waals surface area contributed by atoms with Gasteiger partial charge in [0, 0.05) is 17.6 Å². The van der Waals surface area contributed by atoms with Crippen molar-refractivity contribution in [3.05, 3.63) is 59.8 Å². The molecule has 3 rings (SSSR count). The van der Waals surface area contributed by atoms with Gasteiger partial charge in [-0.25, -0.2) is 9.97 Å². The van der Waals surface area contributed by atoms with Crippen LogP contribution in [0.25, 0.3) is 10.9 Å². The van der Waals surface area contributed by atoms with Crippen molar-refractivity contribution < 1.29 is 4.74 Å². The Kier molecular flexibility index (Phi) is 2.82. The zero-order valence-electron chi connectivity index (χ0n) is 9.38. The summed E-state index contributed by atoms with van der Waals surface area (Å²) < 4.78 is 5.56. The molecule has 0 N–H and O–H groups in total. The minimum absolute atomic E-state index is 0.363. The van der Waals surface area contributed by atoms with Crippen molar-refractivity contribution in [2.24, 2.45) is 0 Å². The molecule has 0 saturated heterocycles. The zero-order valence-corrected chi connectivity index (χ0v) is 10.1. The number of rotatable bonds is 2. The molecule has 0 spiro atoms. The van der Waals surface area contributed by atoms with Gasteiger partial charge in [0.2, 0.25) is 11.8 Å². The molecule has 1 aromatic carbocycles. The Hall–Kier alpha value is -2.13. The van der Waals surface area contributed by atoms with E-state index in [0.29, 0.717) is 16.8 Å².